The molecule has 0 bridgehead atoms. The second kappa shape index (κ2) is 8.82. The first kappa shape index (κ1) is 22.1. The zero-order chi connectivity index (χ0) is 23.7. The number of aromatic nitrogens is 5. The molecule has 0 unspecified atom stereocenters. The highest BCUT2D eigenvalue weighted by atomic mass is 35.5. The van der Waals surface area contributed by atoms with Crippen molar-refractivity contribution in [2.75, 3.05) is 5.32 Å². The van der Waals surface area contributed by atoms with Crippen LogP contribution in [0, 0.1) is 29.8 Å². The van der Waals surface area contributed by atoms with Crippen LogP contribution in [0.5, 0.6) is 0 Å². The topological polar surface area (TPSA) is 134 Å². The molecule has 1 aromatic carbocycles. The highest BCUT2D eigenvalue weighted by molar-refractivity contribution is 6.31. The predicted octanol–water partition coefficient (Wildman–Crippen LogP) is 3.73. The van der Waals surface area contributed by atoms with Gasteiger partial charge < -0.3 is 20.0 Å². The minimum absolute atomic E-state index is 0.00301. The number of nitro groups is 1. The largest absolute Gasteiger partial charge is 0.390 e. The molecule has 4 aromatic rings. The Kier molecular flexibility index (Phi) is 5.92. The molecule has 1 N–H and O–H groups in total. The maximum Gasteiger partial charge on any atom is 0.390 e. The third kappa shape index (κ3) is 4.60. The Morgan fingerprint density at radius 1 is 1.24 bits per heavy atom. The molecular weight excluding hydrogens is 457 g/mol. The molecule has 0 aliphatic carbocycles. The van der Waals surface area contributed by atoms with E-state index in [1.165, 1.54) is 27.6 Å². The van der Waals surface area contributed by atoms with Gasteiger partial charge in [-0.2, -0.15) is 9.78 Å². The van der Waals surface area contributed by atoms with Crippen LogP contribution < -0.4 is 5.32 Å². The highest BCUT2D eigenvalue weighted by Crippen LogP contribution is 2.21. The molecule has 11 nitrogen and oxygen atoms in total. The number of halogens is 2. The van der Waals surface area contributed by atoms with E-state index in [4.69, 9.17) is 16.1 Å². The summed E-state index contributed by atoms with van der Waals surface area (Å²) in [4.78, 5) is 23.2. The molecule has 0 radical (unpaired) electrons. The first-order chi connectivity index (χ1) is 15.7. The summed E-state index contributed by atoms with van der Waals surface area (Å²) < 4.78 is 22.0. The number of rotatable bonds is 7. The maximum atomic E-state index is 14.0. The second-order valence-corrected chi connectivity index (χ2v) is 7.58. The van der Waals surface area contributed by atoms with E-state index in [1.54, 1.807) is 32.2 Å². The van der Waals surface area contributed by atoms with Gasteiger partial charge in [0.15, 0.2) is 11.5 Å². The lowest BCUT2D eigenvalue weighted by molar-refractivity contribution is -0.389. The standard InChI is InChI=1S/C20H17ClFN7O4/c1-11-8-18(29(31)32)25-28(11)10-13-12(2)33-26-19(13)20(30)23-17-6-7-27(24-17)9-14-15(21)4-3-5-16(14)22/h3-8H,9-10H2,1-2H3,(H,23,24,30). The summed E-state index contributed by atoms with van der Waals surface area (Å²) in [5.41, 5.74) is 1.24. The number of hydrogen-bond donors (Lipinski definition) is 1. The lowest BCUT2D eigenvalue weighted by Gasteiger charge is -2.06. The van der Waals surface area contributed by atoms with Gasteiger partial charge in [0, 0.05) is 22.8 Å². The van der Waals surface area contributed by atoms with Gasteiger partial charge in [-0.1, -0.05) is 22.8 Å². The summed E-state index contributed by atoms with van der Waals surface area (Å²) in [5.74, 6) is -0.758. The van der Waals surface area contributed by atoms with Crippen LogP contribution in [0.25, 0.3) is 0 Å². The summed E-state index contributed by atoms with van der Waals surface area (Å²) >= 11 is 6.05. The quantitative estimate of drug-likeness (QED) is 0.319. The number of benzene rings is 1. The first-order valence-electron chi connectivity index (χ1n) is 9.64. The van der Waals surface area contributed by atoms with Crippen LogP contribution in [-0.4, -0.2) is 35.5 Å². The van der Waals surface area contributed by atoms with E-state index in [2.05, 4.69) is 20.7 Å². The van der Waals surface area contributed by atoms with Crippen molar-refractivity contribution >= 4 is 29.1 Å². The van der Waals surface area contributed by atoms with Crippen molar-refractivity contribution in [2.45, 2.75) is 26.9 Å². The average molecular weight is 474 g/mol. The molecule has 0 spiro atoms. The van der Waals surface area contributed by atoms with Gasteiger partial charge in [0.2, 0.25) is 0 Å². The predicted molar refractivity (Wildman–Crippen MR) is 115 cm³/mol. The normalized spacial score (nSPS) is 11.0. The van der Waals surface area contributed by atoms with Crippen molar-refractivity contribution in [2.24, 2.45) is 0 Å². The van der Waals surface area contributed by atoms with Crippen molar-refractivity contribution in [3.8, 4) is 0 Å². The summed E-state index contributed by atoms with van der Waals surface area (Å²) in [6.45, 7) is 3.42. The second-order valence-electron chi connectivity index (χ2n) is 7.18. The number of anilines is 1. The number of carbonyl (C=O) groups excluding carboxylic acids is 1. The molecule has 3 heterocycles. The maximum absolute atomic E-state index is 14.0. The van der Waals surface area contributed by atoms with E-state index in [9.17, 15) is 19.3 Å². The Morgan fingerprint density at radius 3 is 2.73 bits per heavy atom. The molecule has 1 amide bonds. The minimum atomic E-state index is -0.595. The lowest BCUT2D eigenvalue weighted by atomic mass is 10.2. The molecule has 3 aromatic heterocycles. The van der Waals surface area contributed by atoms with Gasteiger partial charge in [-0.3, -0.25) is 9.48 Å². The minimum Gasteiger partial charge on any atom is -0.361 e. The molecule has 0 fully saturated rings. The Hall–Kier alpha value is -4.06. The SMILES string of the molecule is Cc1onc(C(=O)Nc2ccn(Cc3c(F)cccc3Cl)n2)c1Cn1nc([N+](=O)[O-])cc1C. The molecule has 13 heteroatoms. The number of aryl methyl sites for hydroxylation is 2. The Morgan fingerprint density at radius 2 is 2.03 bits per heavy atom. The molecule has 4 rings (SSSR count). The van der Waals surface area contributed by atoms with Crippen molar-refractivity contribution in [1.82, 2.24) is 24.7 Å². The van der Waals surface area contributed by atoms with E-state index in [0.717, 1.165) is 0 Å². The molecule has 33 heavy (non-hydrogen) atoms. The van der Waals surface area contributed by atoms with Crippen LogP contribution in [0.4, 0.5) is 16.0 Å². The van der Waals surface area contributed by atoms with Crippen LogP contribution in [0.3, 0.4) is 0 Å². The lowest BCUT2D eigenvalue weighted by Crippen LogP contribution is -2.17. The van der Waals surface area contributed by atoms with Gasteiger partial charge in [0.1, 0.15) is 11.6 Å². The third-order valence-electron chi connectivity index (χ3n) is 4.93. The zero-order valence-corrected chi connectivity index (χ0v) is 18.2. The van der Waals surface area contributed by atoms with E-state index >= 15 is 0 Å². The number of carbonyl (C=O) groups is 1. The van der Waals surface area contributed by atoms with E-state index < -0.39 is 16.6 Å². The molecule has 0 saturated heterocycles. The highest BCUT2D eigenvalue weighted by Gasteiger charge is 2.24. The fraction of sp³-hybridized carbons (Fsp3) is 0.200. The molecule has 0 aliphatic rings. The van der Waals surface area contributed by atoms with Gasteiger partial charge in [-0.15, -0.1) is 0 Å². The number of hydrogen-bond acceptors (Lipinski definition) is 7. The van der Waals surface area contributed by atoms with Gasteiger partial charge in [0.25, 0.3) is 5.91 Å². The van der Waals surface area contributed by atoms with Gasteiger partial charge in [0.05, 0.1) is 35.5 Å². The number of nitrogens with zero attached hydrogens (tertiary/aromatic N) is 6. The summed E-state index contributed by atoms with van der Waals surface area (Å²) in [6, 6.07) is 7.27. The van der Waals surface area contributed by atoms with Crippen LogP contribution in [0.1, 0.15) is 33.1 Å². The zero-order valence-electron chi connectivity index (χ0n) is 17.5. The summed E-state index contributed by atoms with van der Waals surface area (Å²) in [5, 5.41) is 25.8. The van der Waals surface area contributed by atoms with Crippen LogP contribution in [-0.2, 0) is 13.1 Å². The number of nitrogens with one attached hydrogen (secondary N) is 1. The smallest absolute Gasteiger partial charge is 0.361 e. The fourth-order valence-electron chi connectivity index (χ4n) is 3.18. The van der Waals surface area contributed by atoms with E-state index in [1.807, 2.05) is 0 Å². The van der Waals surface area contributed by atoms with Gasteiger partial charge in [-0.05, 0) is 30.9 Å². The van der Waals surface area contributed by atoms with Crippen molar-refractivity contribution in [3.63, 3.8) is 0 Å². The van der Waals surface area contributed by atoms with Crippen LogP contribution >= 0.6 is 11.6 Å². The van der Waals surface area contributed by atoms with Gasteiger partial charge >= 0.3 is 5.82 Å². The average Bonchev–Trinajstić information content (AvgIpc) is 3.45. The summed E-state index contributed by atoms with van der Waals surface area (Å²) in [7, 11) is 0. The monoisotopic (exact) mass is 473 g/mol. The third-order valence-corrected chi connectivity index (χ3v) is 5.28. The van der Waals surface area contributed by atoms with Gasteiger partial charge in [-0.25, -0.2) is 4.39 Å². The molecule has 170 valence electrons. The molecule has 0 atom stereocenters. The van der Waals surface area contributed by atoms with Crippen LogP contribution in [0.2, 0.25) is 5.02 Å². The molecule has 0 saturated carbocycles. The van der Waals surface area contributed by atoms with E-state index in [0.29, 0.717) is 17.0 Å². The first-order valence-corrected chi connectivity index (χ1v) is 10.0. The van der Waals surface area contributed by atoms with Crippen molar-refractivity contribution in [3.05, 3.63) is 85.8 Å². The Balaban J connectivity index is 1.51. The number of amides is 1. The summed E-state index contributed by atoms with van der Waals surface area (Å²) in [6.07, 6.45) is 1.57. The fourth-order valence-corrected chi connectivity index (χ4v) is 3.41. The Labute approximate surface area is 190 Å². The van der Waals surface area contributed by atoms with Crippen molar-refractivity contribution < 1.29 is 18.6 Å². The molecule has 0 aliphatic heterocycles. The van der Waals surface area contributed by atoms with Crippen LogP contribution in [0.15, 0.2) is 41.1 Å². The van der Waals surface area contributed by atoms with E-state index in [-0.39, 0.29) is 41.0 Å². The molecular formula is C20H17ClFN7O4. The Bertz CT molecular complexity index is 1340. The van der Waals surface area contributed by atoms with Crippen molar-refractivity contribution in [1.29, 1.82) is 0 Å².